The van der Waals surface area contributed by atoms with Crippen LogP contribution in [0.5, 0.6) is 5.75 Å². The summed E-state index contributed by atoms with van der Waals surface area (Å²) in [5, 5.41) is 11.8. The second-order valence-corrected chi connectivity index (χ2v) is 5.77. The van der Waals surface area contributed by atoms with Crippen LogP contribution in [0.15, 0.2) is 67.0 Å². The molecule has 0 aliphatic heterocycles. The van der Waals surface area contributed by atoms with Crippen molar-refractivity contribution < 1.29 is 9.53 Å². The molecular weight excluding hydrogens is 326 g/mol. The molecule has 3 aromatic rings. The number of nitrogens with one attached hydrogen (secondary N) is 1. The van der Waals surface area contributed by atoms with Gasteiger partial charge in [-0.15, -0.1) is 0 Å². The van der Waals surface area contributed by atoms with Gasteiger partial charge in [0.05, 0.1) is 17.2 Å². The fourth-order valence-corrected chi connectivity index (χ4v) is 2.46. The summed E-state index contributed by atoms with van der Waals surface area (Å²) in [5.74, 6) is 0.493. The zero-order chi connectivity index (χ0) is 18.4. The Morgan fingerprint density at radius 3 is 2.81 bits per heavy atom. The van der Waals surface area contributed by atoms with E-state index in [4.69, 9.17) is 10.00 Å². The number of carbonyl (C=O) groups is 1. The first-order valence-electron chi connectivity index (χ1n) is 8.09. The highest BCUT2D eigenvalue weighted by Gasteiger charge is 2.08. The van der Waals surface area contributed by atoms with Gasteiger partial charge in [0.1, 0.15) is 12.4 Å². The van der Waals surface area contributed by atoms with Crippen molar-refractivity contribution in [3.05, 3.63) is 89.2 Å². The van der Waals surface area contributed by atoms with Gasteiger partial charge in [0.25, 0.3) is 5.91 Å². The summed E-state index contributed by atoms with van der Waals surface area (Å²) in [4.78, 5) is 16.2. The Balaban J connectivity index is 1.65. The van der Waals surface area contributed by atoms with Crippen molar-refractivity contribution in [3.8, 4) is 11.8 Å². The molecule has 0 saturated carbocycles. The van der Waals surface area contributed by atoms with E-state index in [0.29, 0.717) is 23.5 Å². The predicted octanol–water partition coefficient (Wildman–Crippen LogP) is 4.09. The van der Waals surface area contributed by atoms with Crippen molar-refractivity contribution in [2.75, 3.05) is 5.32 Å². The lowest BCUT2D eigenvalue weighted by Crippen LogP contribution is -2.12. The van der Waals surface area contributed by atoms with Gasteiger partial charge >= 0.3 is 0 Å². The van der Waals surface area contributed by atoms with Crippen LogP contribution in [-0.4, -0.2) is 10.9 Å². The van der Waals surface area contributed by atoms with Crippen molar-refractivity contribution >= 4 is 11.6 Å². The van der Waals surface area contributed by atoms with E-state index in [-0.39, 0.29) is 5.91 Å². The van der Waals surface area contributed by atoms with Crippen LogP contribution in [-0.2, 0) is 6.61 Å². The molecule has 0 spiro atoms. The Kier molecular flexibility index (Phi) is 5.25. The van der Waals surface area contributed by atoms with E-state index in [1.54, 1.807) is 36.5 Å². The average molecular weight is 343 g/mol. The molecule has 5 nitrogen and oxygen atoms in total. The van der Waals surface area contributed by atoms with E-state index in [1.165, 1.54) is 6.20 Å². The number of nitrogens with zero attached hydrogens (tertiary/aromatic N) is 2. The van der Waals surface area contributed by atoms with Gasteiger partial charge in [-0.1, -0.05) is 12.1 Å². The molecule has 0 unspecified atom stereocenters. The van der Waals surface area contributed by atoms with Crippen molar-refractivity contribution in [1.82, 2.24) is 4.98 Å². The molecule has 0 aliphatic rings. The molecule has 1 N–H and O–H groups in total. The molecule has 128 valence electrons. The lowest BCUT2D eigenvalue weighted by molar-refractivity contribution is 0.102. The van der Waals surface area contributed by atoms with Crippen molar-refractivity contribution in [2.45, 2.75) is 13.5 Å². The standard InChI is InChI=1S/C21H17N3O2/c1-15-10-19(26-14-17-5-2-4-16(11-17)12-22)7-8-20(15)24-21(25)18-6-3-9-23-13-18/h2-11,13H,14H2,1H3,(H,24,25). The number of amides is 1. The number of aromatic nitrogens is 1. The molecule has 0 aliphatic carbocycles. The quantitative estimate of drug-likeness (QED) is 0.757. The third-order valence-electron chi connectivity index (χ3n) is 3.83. The summed E-state index contributed by atoms with van der Waals surface area (Å²) < 4.78 is 5.78. The van der Waals surface area contributed by atoms with Crippen molar-refractivity contribution in [1.29, 1.82) is 5.26 Å². The number of carbonyl (C=O) groups excluding carboxylic acids is 1. The number of nitriles is 1. The maximum atomic E-state index is 12.2. The summed E-state index contributed by atoms with van der Waals surface area (Å²) in [5.41, 5.74) is 3.65. The minimum atomic E-state index is -0.205. The molecule has 2 aromatic carbocycles. The van der Waals surface area contributed by atoms with Gasteiger partial charge in [-0.3, -0.25) is 9.78 Å². The molecule has 0 saturated heterocycles. The van der Waals surface area contributed by atoms with E-state index in [0.717, 1.165) is 16.8 Å². The van der Waals surface area contributed by atoms with E-state index in [2.05, 4.69) is 16.4 Å². The number of rotatable bonds is 5. The second kappa shape index (κ2) is 7.95. The van der Waals surface area contributed by atoms with Gasteiger partial charge in [-0.25, -0.2) is 0 Å². The molecular formula is C21H17N3O2. The molecule has 5 heteroatoms. The van der Waals surface area contributed by atoms with Gasteiger partial charge in [0.2, 0.25) is 0 Å². The Morgan fingerprint density at radius 2 is 2.08 bits per heavy atom. The molecule has 0 fully saturated rings. The first-order valence-corrected chi connectivity index (χ1v) is 8.09. The molecule has 3 rings (SSSR count). The third kappa shape index (κ3) is 4.25. The lowest BCUT2D eigenvalue weighted by Gasteiger charge is -2.11. The van der Waals surface area contributed by atoms with Gasteiger partial charge in [-0.2, -0.15) is 5.26 Å². The Morgan fingerprint density at radius 1 is 1.19 bits per heavy atom. The zero-order valence-electron chi connectivity index (χ0n) is 14.3. The molecule has 0 radical (unpaired) electrons. The monoisotopic (exact) mass is 343 g/mol. The largest absolute Gasteiger partial charge is 0.489 e. The first kappa shape index (κ1) is 17.2. The SMILES string of the molecule is Cc1cc(OCc2cccc(C#N)c2)ccc1NC(=O)c1cccnc1. The fourth-order valence-electron chi connectivity index (χ4n) is 2.46. The number of benzene rings is 2. The Bertz CT molecular complexity index is 962. The van der Waals surface area contributed by atoms with Crippen LogP contribution in [0.1, 0.15) is 27.0 Å². The normalized spacial score (nSPS) is 10.0. The van der Waals surface area contributed by atoms with E-state index in [1.807, 2.05) is 31.2 Å². The molecule has 1 aromatic heterocycles. The first-order chi connectivity index (χ1) is 12.7. The highest BCUT2D eigenvalue weighted by Crippen LogP contribution is 2.23. The summed E-state index contributed by atoms with van der Waals surface area (Å²) in [6.45, 7) is 2.28. The second-order valence-electron chi connectivity index (χ2n) is 5.77. The molecule has 1 heterocycles. The average Bonchev–Trinajstić information content (AvgIpc) is 2.69. The molecule has 1 amide bonds. The van der Waals surface area contributed by atoms with Crippen LogP contribution in [0.3, 0.4) is 0 Å². The number of pyridine rings is 1. The third-order valence-corrected chi connectivity index (χ3v) is 3.83. The van der Waals surface area contributed by atoms with E-state index < -0.39 is 0 Å². The Labute approximate surface area is 151 Å². The summed E-state index contributed by atoms with van der Waals surface area (Å²) in [6, 6.07) is 18.3. The maximum absolute atomic E-state index is 12.2. The van der Waals surface area contributed by atoms with Gasteiger partial charge in [-0.05, 0) is 60.5 Å². The number of hydrogen-bond acceptors (Lipinski definition) is 4. The van der Waals surface area contributed by atoms with Crippen molar-refractivity contribution in [2.24, 2.45) is 0 Å². The topological polar surface area (TPSA) is 75.0 Å². The summed E-state index contributed by atoms with van der Waals surface area (Å²) in [6.07, 6.45) is 3.15. The van der Waals surface area contributed by atoms with Crippen LogP contribution in [0, 0.1) is 18.3 Å². The number of anilines is 1. The Hall–Kier alpha value is -3.65. The minimum absolute atomic E-state index is 0.205. The fraction of sp³-hybridized carbons (Fsp3) is 0.0952. The van der Waals surface area contributed by atoms with E-state index in [9.17, 15) is 4.79 Å². The van der Waals surface area contributed by atoms with Crippen LogP contribution < -0.4 is 10.1 Å². The van der Waals surface area contributed by atoms with Crippen LogP contribution in [0.4, 0.5) is 5.69 Å². The minimum Gasteiger partial charge on any atom is -0.489 e. The smallest absolute Gasteiger partial charge is 0.257 e. The predicted molar refractivity (Wildman–Crippen MR) is 98.9 cm³/mol. The number of hydrogen-bond donors (Lipinski definition) is 1. The number of ether oxygens (including phenoxy) is 1. The highest BCUT2D eigenvalue weighted by atomic mass is 16.5. The zero-order valence-corrected chi connectivity index (χ0v) is 14.3. The van der Waals surface area contributed by atoms with Gasteiger partial charge < -0.3 is 10.1 Å². The van der Waals surface area contributed by atoms with E-state index >= 15 is 0 Å². The van der Waals surface area contributed by atoms with Gasteiger partial charge in [0, 0.05) is 18.1 Å². The molecule has 0 atom stereocenters. The molecule has 0 bridgehead atoms. The lowest BCUT2D eigenvalue weighted by atomic mass is 10.1. The van der Waals surface area contributed by atoms with Gasteiger partial charge in [0.15, 0.2) is 0 Å². The summed E-state index contributed by atoms with van der Waals surface area (Å²) >= 11 is 0. The highest BCUT2D eigenvalue weighted by molar-refractivity contribution is 6.04. The maximum Gasteiger partial charge on any atom is 0.257 e. The molecule has 26 heavy (non-hydrogen) atoms. The number of aryl methyl sites for hydroxylation is 1. The van der Waals surface area contributed by atoms with Crippen LogP contribution in [0.2, 0.25) is 0 Å². The van der Waals surface area contributed by atoms with Crippen LogP contribution >= 0.6 is 0 Å². The van der Waals surface area contributed by atoms with Crippen molar-refractivity contribution in [3.63, 3.8) is 0 Å². The van der Waals surface area contributed by atoms with Crippen LogP contribution in [0.25, 0.3) is 0 Å². The summed E-state index contributed by atoms with van der Waals surface area (Å²) in [7, 11) is 0.